The standard InChI is InChI=1S/C9H8N2O/c1-2-9-7-5-6(1)10-4-3-8(7)11-12-9/h1-2,5,10H,3-4H2. The number of nitrogens with zero attached hydrogens (tertiary/aromatic N) is 1. The molecule has 0 atom stereocenters. The molecule has 2 aromatic rings. The molecular formula is C9H8N2O. The predicted octanol–water partition coefficient (Wildman–Crippen LogP) is 1.80. The van der Waals surface area contributed by atoms with Crippen LogP contribution in [0.3, 0.4) is 0 Å². The molecular weight excluding hydrogens is 152 g/mol. The Hall–Kier alpha value is -1.51. The molecule has 0 amide bonds. The van der Waals surface area contributed by atoms with Crippen molar-refractivity contribution in [3.63, 3.8) is 0 Å². The van der Waals surface area contributed by atoms with Crippen molar-refractivity contribution < 1.29 is 4.52 Å². The van der Waals surface area contributed by atoms with E-state index in [9.17, 15) is 0 Å². The fourth-order valence-electron chi connectivity index (χ4n) is 1.60. The van der Waals surface area contributed by atoms with Crippen molar-refractivity contribution in [3.05, 3.63) is 23.9 Å². The van der Waals surface area contributed by atoms with Gasteiger partial charge in [-0.15, -0.1) is 0 Å². The minimum atomic E-state index is 0.887. The molecule has 3 heteroatoms. The van der Waals surface area contributed by atoms with Gasteiger partial charge in [0.1, 0.15) is 0 Å². The fraction of sp³-hybridized carbons (Fsp3) is 0.222. The van der Waals surface area contributed by atoms with E-state index >= 15 is 0 Å². The number of hydrogen-bond donors (Lipinski definition) is 1. The molecule has 0 saturated carbocycles. The first kappa shape index (κ1) is 6.06. The number of benzene rings is 1. The summed E-state index contributed by atoms with van der Waals surface area (Å²) in [6.45, 7) is 0.940. The minimum Gasteiger partial charge on any atom is -0.385 e. The highest BCUT2D eigenvalue weighted by molar-refractivity contribution is 5.83. The summed E-state index contributed by atoms with van der Waals surface area (Å²) in [5, 5.41) is 8.46. The van der Waals surface area contributed by atoms with Gasteiger partial charge in [0.15, 0.2) is 5.58 Å². The molecule has 1 aromatic carbocycles. The van der Waals surface area contributed by atoms with E-state index < -0.39 is 0 Å². The maximum atomic E-state index is 5.15. The Labute approximate surface area is 69.4 Å². The van der Waals surface area contributed by atoms with Gasteiger partial charge in [0, 0.05) is 24.0 Å². The molecule has 0 radical (unpaired) electrons. The molecule has 3 rings (SSSR count). The highest BCUT2D eigenvalue weighted by Crippen LogP contribution is 2.25. The van der Waals surface area contributed by atoms with E-state index in [-0.39, 0.29) is 0 Å². The molecule has 1 aromatic heterocycles. The van der Waals surface area contributed by atoms with Crippen LogP contribution in [0.15, 0.2) is 22.7 Å². The summed E-state index contributed by atoms with van der Waals surface area (Å²) in [5.41, 5.74) is 3.11. The van der Waals surface area contributed by atoms with E-state index in [1.807, 2.05) is 12.1 Å². The normalized spacial score (nSPS) is 14.7. The number of fused-ring (bicyclic) bond motifs is 1. The summed E-state index contributed by atoms with van der Waals surface area (Å²) in [6.07, 6.45) is 0.945. The number of anilines is 1. The van der Waals surface area contributed by atoms with E-state index in [1.54, 1.807) is 0 Å². The summed E-state index contributed by atoms with van der Waals surface area (Å²) in [6, 6.07) is 6.07. The van der Waals surface area contributed by atoms with Crippen LogP contribution in [0.5, 0.6) is 0 Å². The molecule has 0 aliphatic carbocycles. The zero-order chi connectivity index (χ0) is 7.97. The van der Waals surface area contributed by atoms with Gasteiger partial charge in [0.2, 0.25) is 0 Å². The SMILES string of the molecule is c1cc2onc3c2cc1NCC3. The minimum absolute atomic E-state index is 0.887. The second-order valence-electron chi connectivity index (χ2n) is 3.02. The highest BCUT2D eigenvalue weighted by Gasteiger charge is 2.11. The third kappa shape index (κ3) is 0.679. The van der Waals surface area contributed by atoms with E-state index in [0.29, 0.717) is 0 Å². The molecule has 0 saturated heterocycles. The molecule has 3 nitrogen and oxygen atoms in total. The van der Waals surface area contributed by atoms with Crippen LogP contribution in [0.25, 0.3) is 11.0 Å². The Morgan fingerprint density at radius 2 is 2.42 bits per heavy atom. The highest BCUT2D eigenvalue weighted by atomic mass is 16.5. The van der Waals surface area contributed by atoms with Crippen LogP contribution < -0.4 is 5.32 Å². The van der Waals surface area contributed by atoms with E-state index in [1.165, 1.54) is 0 Å². The zero-order valence-electron chi connectivity index (χ0n) is 6.50. The molecule has 1 aliphatic rings. The van der Waals surface area contributed by atoms with Crippen molar-refractivity contribution in [1.29, 1.82) is 0 Å². The maximum Gasteiger partial charge on any atom is 0.167 e. The summed E-state index contributed by atoms with van der Waals surface area (Å²) in [7, 11) is 0. The summed E-state index contributed by atoms with van der Waals surface area (Å²) >= 11 is 0. The van der Waals surface area contributed by atoms with Crippen LogP contribution in [0.2, 0.25) is 0 Å². The lowest BCUT2D eigenvalue weighted by Gasteiger charge is -1.99. The Bertz CT molecular complexity index is 433. The predicted molar refractivity (Wildman–Crippen MR) is 46.2 cm³/mol. The number of rotatable bonds is 0. The average molecular weight is 160 g/mol. The van der Waals surface area contributed by atoms with Gasteiger partial charge >= 0.3 is 0 Å². The van der Waals surface area contributed by atoms with Crippen LogP contribution in [0.1, 0.15) is 5.69 Å². The van der Waals surface area contributed by atoms with Crippen LogP contribution in [-0.2, 0) is 6.42 Å². The van der Waals surface area contributed by atoms with Crippen molar-refractivity contribution in [2.24, 2.45) is 0 Å². The van der Waals surface area contributed by atoms with Crippen molar-refractivity contribution in [2.45, 2.75) is 6.42 Å². The lowest BCUT2D eigenvalue weighted by atomic mass is 10.2. The molecule has 2 heterocycles. The number of hydrogen-bond acceptors (Lipinski definition) is 3. The topological polar surface area (TPSA) is 38.1 Å². The molecule has 0 spiro atoms. The van der Waals surface area contributed by atoms with Crippen molar-refractivity contribution >= 4 is 16.7 Å². The summed E-state index contributed by atoms with van der Waals surface area (Å²) in [4.78, 5) is 0. The lowest BCUT2D eigenvalue weighted by molar-refractivity contribution is 0.446. The molecule has 0 fully saturated rings. The molecule has 1 aliphatic heterocycles. The Morgan fingerprint density at radius 3 is 3.42 bits per heavy atom. The number of aromatic nitrogens is 1. The second-order valence-corrected chi connectivity index (χ2v) is 3.02. The Morgan fingerprint density at radius 1 is 1.42 bits per heavy atom. The third-order valence-corrected chi connectivity index (χ3v) is 2.24. The van der Waals surface area contributed by atoms with Crippen molar-refractivity contribution in [2.75, 3.05) is 11.9 Å². The van der Waals surface area contributed by atoms with Crippen molar-refractivity contribution in [3.8, 4) is 0 Å². The fourth-order valence-corrected chi connectivity index (χ4v) is 1.60. The molecule has 60 valence electrons. The first-order valence-corrected chi connectivity index (χ1v) is 4.06. The van der Waals surface area contributed by atoms with Crippen LogP contribution in [-0.4, -0.2) is 11.7 Å². The maximum absolute atomic E-state index is 5.15. The lowest BCUT2D eigenvalue weighted by Crippen LogP contribution is -2.02. The quantitative estimate of drug-likeness (QED) is 0.638. The van der Waals surface area contributed by atoms with Gasteiger partial charge in [-0.2, -0.15) is 0 Å². The molecule has 1 N–H and O–H groups in total. The Kier molecular flexibility index (Phi) is 1.01. The summed E-state index contributed by atoms with van der Waals surface area (Å²) < 4.78 is 5.15. The Balaban J connectivity index is 2.45. The van der Waals surface area contributed by atoms with Crippen molar-refractivity contribution in [1.82, 2.24) is 5.16 Å². The van der Waals surface area contributed by atoms with Gasteiger partial charge in [0.25, 0.3) is 0 Å². The monoisotopic (exact) mass is 160 g/mol. The van der Waals surface area contributed by atoms with E-state index in [4.69, 9.17) is 4.52 Å². The van der Waals surface area contributed by atoms with E-state index in [0.717, 1.165) is 35.3 Å². The van der Waals surface area contributed by atoms with Gasteiger partial charge < -0.3 is 9.84 Å². The molecule has 2 bridgehead atoms. The van der Waals surface area contributed by atoms with Gasteiger partial charge in [0.05, 0.1) is 5.69 Å². The second kappa shape index (κ2) is 2.00. The first-order chi connectivity index (χ1) is 5.93. The van der Waals surface area contributed by atoms with Gasteiger partial charge in [-0.05, 0) is 18.2 Å². The number of nitrogens with one attached hydrogen (secondary N) is 1. The zero-order valence-corrected chi connectivity index (χ0v) is 6.50. The largest absolute Gasteiger partial charge is 0.385 e. The van der Waals surface area contributed by atoms with Gasteiger partial charge in [-0.25, -0.2) is 0 Å². The average Bonchev–Trinajstić information content (AvgIpc) is 2.44. The molecule has 0 unspecified atom stereocenters. The third-order valence-electron chi connectivity index (χ3n) is 2.24. The molecule has 12 heavy (non-hydrogen) atoms. The van der Waals surface area contributed by atoms with E-state index in [2.05, 4.69) is 16.5 Å². The summed E-state index contributed by atoms with van der Waals surface area (Å²) in [5.74, 6) is 0. The van der Waals surface area contributed by atoms with Gasteiger partial charge in [-0.1, -0.05) is 5.16 Å². The first-order valence-electron chi connectivity index (χ1n) is 4.06. The van der Waals surface area contributed by atoms with Crippen LogP contribution in [0.4, 0.5) is 5.69 Å². The van der Waals surface area contributed by atoms with Crippen LogP contribution in [0, 0.1) is 0 Å². The smallest absolute Gasteiger partial charge is 0.167 e. The van der Waals surface area contributed by atoms with Gasteiger partial charge in [-0.3, -0.25) is 0 Å². The van der Waals surface area contributed by atoms with Crippen LogP contribution >= 0.6 is 0 Å².